The predicted octanol–water partition coefficient (Wildman–Crippen LogP) is 3.11. The minimum absolute atomic E-state index is 0.0492. The van der Waals surface area contributed by atoms with Crippen molar-refractivity contribution in [2.24, 2.45) is 11.8 Å². The second-order valence-electron chi connectivity index (χ2n) is 9.90. The van der Waals surface area contributed by atoms with Crippen molar-refractivity contribution in [3.8, 4) is 0 Å². The molecule has 0 aliphatic carbocycles. The number of aromatic nitrogens is 3. The minimum atomic E-state index is -1.11. The van der Waals surface area contributed by atoms with Crippen molar-refractivity contribution in [2.75, 3.05) is 6.26 Å². The number of aliphatic carboxylic acids is 1. The fraction of sp³-hybridized carbons (Fsp3) is 0.333. The first-order valence-electron chi connectivity index (χ1n) is 12.3. The number of carboxylic acids is 1. The van der Waals surface area contributed by atoms with E-state index in [0.29, 0.717) is 5.57 Å². The van der Waals surface area contributed by atoms with Crippen LogP contribution in [0, 0.1) is 11.8 Å². The number of β-lactam (4-membered cyclic amide) rings is 1. The van der Waals surface area contributed by atoms with E-state index in [9.17, 15) is 19.8 Å². The molecular weight excluding hydrogens is 541 g/mol. The molecule has 2 aliphatic rings. The Morgan fingerprint density at radius 3 is 2.53 bits per heavy atom. The number of rotatable bonds is 8. The lowest BCUT2D eigenvalue weighted by atomic mass is 9.77. The molecule has 6 rings (SSSR count). The summed E-state index contributed by atoms with van der Waals surface area (Å²) in [6.07, 6.45) is 7.33. The van der Waals surface area contributed by atoms with Crippen LogP contribution < -0.4 is 9.13 Å². The fourth-order valence-electron chi connectivity index (χ4n) is 5.78. The number of hydrogen-bond donors (Lipinski definition) is 2. The standard InChI is InChI=1S/C27H27N4O4S3/c1-15-20(23(27(34)35)31-22(15)21(16(2)32)24(31)33)19-12-30-13-29(25(36-3)26(30)38-19)11-18-6-4-17(5-7-18)10-28-8-9-37-14-28/h4-9,12-16,21-22,32H,10-11H2,1-3H3/q+1/p+1/t15-,16+,21+,22+/m0/s1. The normalized spacial score (nSPS) is 21.7. The number of amides is 1. The second-order valence-corrected chi connectivity index (χ2v) is 12.5. The highest BCUT2D eigenvalue weighted by Crippen LogP contribution is 2.51. The average Bonchev–Trinajstić information content (AvgIpc) is 3.63. The molecule has 0 bridgehead atoms. The molecule has 1 aromatic carbocycles. The predicted molar refractivity (Wildman–Crippen MR) is 146 cm³/mol. The summed E-state index contributed by atoms with van der Waals surface area (Å²) < 4.78 is 6.43. The van der Waals surface area contributed by atoms with Crippen LogP contribution in [0.4, 0.5) is 0 Å². The quantitative estimate of drug-likeness (QED) is 0.194. The van der Waals surface area contributed by atoms with Gasteiger partial charge in [0.15, 0.2) is 12.7 Å². The molecule has 0 spiro atoms. The first-order chi connectivity index (χ1) is 18.3. The molecule has 4 atom stereocenters. The Hall–Kier alpha value is -2.99. The SMILES string of the molecule is CSc1c2sc(C3=C(C(=O)O)N4C(=O)[C@H]([C@@H](C)O)[C@H]4[C@H]3C)cn2c[n+]1Cc1ccc(C[n+]2ccsc2)cc1. The molecule has 3 aromatic heterocycles. The molecule has 0 saturated carbocycles. The van der Waals surface area contributed by atoms with E-state index in [1.807, 2.05) is 19.4 Å². The molecule has 1 fully saturated rings. The molecule has 1 saturated heterocycles. The van der Waals surface area contributed by atoms with Crippen LogP contribution in [0.3, 0.4) is 0 Å². The zero-order valence-electron chi connectivity index (χ0n) is 21.1. The number of carbonyl (C=O) groups is 2. The van der Waals surface area contributed by atoms with Crippen LogP contribution in [0.1, 0.15) is 29.9 Å². The molecule has 1 amide bonds. The van der Waals surface area contributed by atoms with Crippen molar-refractivity contribution in [1.29, 1.82) is 0 Å². The van der Waals surface area contributed by atoms with Crippen LogP contribution >= 0.6 is 34.4 Å². The van der Waals surface area contributed by atoms with Gasteiger partial charge in [-0.2, -0.15) is 8.97 Å². The summed E-state index contributed by atoms with van der Waals surface area (Å²) in [4.78, 5) is 28.2. The molecule has 0 unspecified atom stereocenters. The van der Waals surface area contributed by atoms with E-state index in [1.165, 1.54) is 16.0 Å². The van der Waals surface area contributed by atoms with Crippen molar-refractivity contribution < 1.29 is 28.9 Å². The number of imidazole rings is 1. The van der Waals surface area contributed by atoms with Gasteiger partial charge in [0.05, 0.1) is 28.3 Å². The smallest absolute Gasteiger partial charge is 0.352 e. The number of carboxylic acid groups (broad SMARTS) is 1. The van der Waals surface area contributed by atoms with E-state index >= 15 is 0 Å². The van der Waals surface area contributed by atoms with Crippen LogP contribution in [-0.4, -0.2) is 49.8 Å². The Bertz CT molecular complexity index is 1570. The van der Waals surface area contributed by atoms with Gasteiger partial charge in [-0.05, 0) is 18.7 Å². The van der Waals surface area contributed by atoms with Gasteiger partial charge >= 0.3 is 5.97 Å². The van der Waals surface area contributed by atoms with Gasteiger partial charge in [0.1, 0.15) is 18.4 Å². The molecule has 8 nitrogen and oxygen atoms in total. The Morgan fingerprint density at radius 1 is 1.21 bits per heavy atom. The van der Waals surface area contributed by atoms with E-state index in [-0.39, 0.29) is 23.6 Å². The molecule has 38 heavy (non-hydrogen) atoms. The summed E-state index contributed by atoms with van der Waals surface area (Å²) in [6.45, 7) is 5.13. The number of benzene rings is 1. The van der Waals surface area contributed by atoms with Crippen LogP contribution in [0.15, 0.2) is 64.6 Å². The average molecular weight is 569 g/mol. The first kappa shape index (κ1) is 25.3. The molecule has 4 aromatic rings. The Morgan fingerprint density at radius 2 is 1.92 bits per heavy atom. The number of hydrogen-bond acceptors (Lipinski definition) is 6. The van der Waals surface area contributed by atoms with Crippen molar-refractivity contribution in [3.63, 3.8) is 0 Å². The van der Waals surface area contributed by atoms with Gasteiger partial charge in [-0.15, -0.1) is 0 Å². The number of aliphatic hydroxyl groups is 1. The summed E-state index contributed by atoms with van der Waals surface area (Å²) >= 11 is 4.89. The molecule has 196 valence electrons. The molecule has 0 radical (unpaired) electrons. The maximum atomic E-state index is 12.7. The largest absolute Gasteiger partial charge is 0.477 e. The molecule has 11 heteroatoms. The lowest BCUT2D eigenvalue weighted by Crippen LogP contribution is -2.63. The third kappa shape index (κ3) is 4.00. The fourth-order valence-corrected chi connectivity index (χ4v) is 8.55. The lowest BCUT2D eigenvalue weighted by molar-refractivity contribution is -0.721. The lowest BCUT2D eigenvalue weighted by Gasteiger charge is -2.46. The number of aliphatic hydroxyl groups excluding tert-OH is 1. The number of nitrogens with zero attached hydrogens (tertiary/aromatic N) is 4. The monoisotopic (exact) mass is 568 g/mol. The topological polar surface area (TPSA) is 90.0 Å². The van der Waals surface area contributed by atoms with Gasteiger partial charge in [-0.1, -0.05) is 65.6 Å². The van der Waals surface area contributed by atoms with E-state index in [0.717, 1.165) is 27.8 Å². The van der Waals surface area contributed by atoms with E-state index < -0.39 is 18.0 Å². The van der Waals surface area contributed by atoms with Crippen molar-refractivity contribution >= 4 is 56.7 Å². The van der Waals surface area contributed by atoms with Crippen molar-refractivity contribution in [3.05, 3.63) is 75.6 Å². The van der Waals surface area contributed by atoms with Crippen LogP contribution in [0.25, 0.3) is 10.4 Å². The number of fused-ring (bicyclic) bond motifs is 2. The van der Waals surface area contributed by atoms with E-state index in [4.69, 9.17) is 0 Å². The van der Waals surface area contributed by atoms with Crippen LogP contribution in [-0.2, 0) is 22.7 Å². The van der Waals surface area contributed by atoms with Crippen molar-refractivity contribution in [2.45, 2.75) is 44.1 Å². The molecule has 2 N–H and O–H groups in total. The zero-order chi connectivity index (χ0) is 26.7. The van der Waals surface area contributed by atoms with Gasteiger partial charge in [-0.25, -0.2) is 9.36 Å². The summed E-state index contributed by atoms with van der Waals surface area (Å²) in [5, 5.41) is 23.3. The highest BCUT2D eigenvalue weighted by Gasteiger charge is 2.60. The highest BCUT2D eigenvalue weighted by atomic mass is 32.2. The number of thiazole rings is 2. The third-order valence-corrected chi connectivity index (χ3v) is 10.3. The summed E-state index contributed by atoms with van der Waals surface area (Å²) in [7, 11) is 0. The number of carbonyl (C=O) groups excluding carboxylic acids is 1. The molecule has 5 heterocycles. The van der Waals surface area contributed by atoms with E-state index in [1.54, 1.807) is 41.4 Å². The Kier molecular flexibility index (Phi) is 6.42. The van der Waals surface area contributed by atoms with Gasteiger partial charge in [-0.3, -0.25) is 4.79 Å². The van der Waals surface area contributed by atoms with Crippen LogP contribution in [0.5, 0.6) is 0 Å². The first-order valence-corrected chi connectivity index (χ1v) is 15.3. The van der Waals surface area contributed by atoms with Gasteiger partial charge in [0.2, 0.25) is 21.3 Å². The molecule has 2 aliphatic heterocycles. The summed E-state index contributed by atoms with van der Waals surface area (Å²) in [5.74, 6) is -2.17. The maximum Gasteiger partial charge on any atom is 0.352 e. The summed E-state index contributed by atoms with van der Waals surface area (Å²) in [6, 6.07) is 8.35. The van der Waals surface area contributed by atoms with E-state index in [2.05, 4.69) is 61.2 Å². The summed E-state index contributed by atoms with van der Waals surface area (Å²) in [5.41, 5.74) is 5.28. The number of thioether (sulfide) groups is 1. The third-order valence-electron chi connectivity index (χ3n) is 7.51. The zero-order valence-corrected chi connectivity index (χ0v) is 23.6. The van der Waals surface area contributed by atoms with Gasteiger partial charge < -0.3 is 15.1 Å². The minimum Gasteiger partial charge on any atom is -0.477 e. The molecular formula is C27H28N4O4S3+2. The maximum absolute atomic E-state index is 12.7. The Balaban J connectivity index is 1.30. The second kappa shape index (κ2) is 9.64. The van der Waals surface area contributed by atoms with Gasteiger partial charge in [0, 0.05) is 17.1 Å². The van der Waals surface area contributed by atoms with Gasteiger partial charge in [0.25, 0.3) is 6.33 Å². The highest BCUT2D eigenvalue weighted by molar-refractivity contribution is 7.98. The van der Waals surface area contributed by atoms with Crippen LogP contribution in [0.2, 0.25) is 0 Å². The van der Waals surface area contributed by atoms with Crippen molar-refractivity contribution in [1.82, 2.24) is 9.30 Å². The Labute approximate surface area is 232 Å².